The van der Waals surface area contributed by atoms with Gasteiger partial charge in [-0.05, 0) is 53.3 Å². The molecule has 0 fully saturated rings. The Labute approximate surface area is 184 Å². The maximum atomic E-state index is 13.3. The summed E-state index contributed by atoms with van der Waals surface area (Å²) in [6.45, 7) is 0.163. The third-order valence-corrected chi connectivity index (χ3v) is 8.66. The summed E-state index contributed by atoms with van der Waals surface area (Å²) in [7, 11) is -3.80. The van der Waals surface area contributed by atoms with Crippen molar-refractivity contribution in [3.8, 4) is 0 Å². The van der Waals surface area contributed by atoms with E-state index in [-0.39, 0.29) is 16.7 Å². The summed E-state index contributed by atoms with van der Waals surface area (Å²) in [6, 6.07) is 19.3. The second-order valence-electron chi connectivity index (χ2n) is 7.37. The van der Waals surface area contributed by atoms with Crippen LogP contribution in [-0.4, -0.2) is 29.7 Å². The first-order valence-electron chi connectivity index (χ1n) is 9.80. The van der Waals surface area contributed by atoms with Gasteiger partial charge >= 0.3 is 0 Å². The lowest BCUT2D eigenvalue weighted by Crippen LogP contribution is -2.50. The molecule has 1 amide bonds. The first-order valence-corrected chi connectivity index (χ1v) is 12.1. The molecular formula is C23H19N3O3S2. The van der Waals surface area contributed by atoms with E-state index in [0.717, 1.165) is 33.4 Å². The third kappa shape index (κ3) is 3.74. The minimum absolute atomic E-state index is 0.163. The van der Waals surface area contributed by atoms with Crippen LogP contribution < -0.4 is 5.32 Å². The minimum Gasteiger partial charge on any atom is -0.325 e. The highest BCUT2D eigenvalue weighted by atomic mass is 32.2. The fourth-order valence-electron chi connectivity index (χ4n) is 3.88. The topological polar surface area (TPSA) is 79.4 Å². The van der Waals surface area contributed by atoms with Gasteiger partial charge in [0, 0.05) is 23.8 Å². The van der Waals surface area contributed by atoms with Gasteiger partial charge in [0.15, 0.2) is 0 Å². The van der Waals surface area contributed by atoms with Gasteiger partial charge in [0.1, 0.15) is 10.3 Å². The van der Waals surface area contributed by atoms with Crippen LogP contribution in [0.25, 0.3) is 10.9 Å². The first kappa shape index (κ1) is 19.9. The SMILES string of the molecule is O=C(Nc1ccc2ncccc2c1)[C@@H]1Cc2ccccc2CN1S(=O)(=O)c1cccs1. The van der Waals surface area contributed by atoms with E-state index < -0.39 is 16.1 Å². The van der Waals surface area contributed by atoms with E-state index in [1.807, 2.05) is 48.5 Å². The second kappa shape index (κ2) is 7.88. The van der Waals surface area contributed by atoms with Gasteiger partial charge in [0.25, 0.3) is 10.0 Å². The molecule has 3 heterocycles. The molecule has 1 aliphatic rings. The highest BCUT2D eigenvalue weighted by Crippen LogP contribution is 2.31. The molecule has 1 N–H and O–H groups in total. The van der Waals surface area contributed by atoms with Crippen LogP contribution >= 0.6 is 11.3 Å². The van der Waals surface area contributed by atoms with Crippen LogP contribution in [0.2, 0.25) is 0 Å². The van der Waals surface area contributed by atoms with E-state index in [9.17, 15) is 13.2 Å². The summed E-state index contributed by atoms with van der Waals surface area (Å²) in [5.74, 6) is -0.349. The molecule has 1 atom stereocenters. The number of anilines is 1. The van der Waals surface area contributed by atoms with Gasteiger partial charge in [0.2, 0.25) is 5.91 Å². The Hall–Kier alpha value is -3.07. The number of carbonyl (C=O) groups excluding carboxylic acids is 1. The average Bonchev–Trinajstić information content (AvgIpc) is 3.34. The van der Waals surface area contributed by atoms with Crippen LogP contribution in [-0.2, 0) is 27.8 Å². The van der Waals surface area contributed by atoms with Gasteiger partial charge in [0.05, 0.1) is 5.52 Å². The molecule has 4 aromatic rings. The largest absolute Gasteiger partial charge is 0.325 e. The molecule has 1 aliphatic heterocycles. The van der Waals surface area contributed by atoms with E-state index in [0.29, 0.717) is 12.1 Å². The van der Waals surface area contributed by atoms with Crippen LogP contribution in [0.4, 0.5) is 5.69 Å². The first-order chi connectivity index (χ1) is 15.0. The Morgan fingerprint density at radius 3 is 2.68 bits per heavy atom. The number of pyridine rings is 1. The lowest BCUT2D eigenvalue weighted by molar-refractivity contribution is -0.120. The zero-order valence-electron chi connectivity index (χ0n) is 16.4. The van der Waals surface area contributed by atoms with Crippen LogP contribution in [0, 0.1) is 0 Å². The van der Waals surface area contributed by atoms with Crippen LogP contribution in [0.3, 0.4) is 0 Å². The highest BCUT2D eigenvalue weighted by molar-refractivity contribution is 7.91. The summed E-state index contributed by atoms with van der Waals surface area (Å²) < 4.78 is 28.3. The molecule has 0 spiro atoms. The van der Waals surface area contributed by atoms with Crippen molar-refractivity contribution in [2.45, 2.75) is 23.2 Å². The van der Waals surface area contributed by atoms with E-state index >= 15 is 0 Å². The highest BCUT2D eigenvalue weighted by Gasteiger charge is 2.40. The van der Waals surface area contributed by atoms with Crippen molar-refractivity contribution in [2.75, 3.05) is 5.32 Å². The number of carbonyl (C=O) groups is 1. The molecule has 0 unspecified atom stereocenters. The molecule has 8 heteroatoms. The fraction of sp³-hybridized carbons (Fsp3) is 0.130. The van der Waals surface area contributed by atoms with Crippen molar-refractivity contribution in [1.82, 2.24) is 9.29 Å². The second-order valence-corrected chi connectivity index (χ2v) is 10.4. The van der Waals surface area contributed by atoms with Gasteiger partial charge in [-0.1, -0.05) is 36.4 Å². The molecule has 0 bridgehead atoms. The zero-order chi connectivity index (χ0) is 21.4. The Morgan fingerprint density at radius 2 is 1.87 bits per heavy atom. The van der Waals surface area contributed by atoms with Gasteiger partial charge in [-0.15, -0.1) is 11.3 Å². The number of sulfonamides is 1. The molecular weight excluding hydrogens is 430 g/mol. The number of benzene rings is 2. The van der Waals surface area contributed by atoms with Crippen molar-refractivity contribution < 1.29 is 13.2 Å². The van der Waals surface area contributed by atoms with Crippen molar-refractivity contribution in [1.29, 1.82) is 0 Å². The molecule has 6 nitrogen and oxygen atoms in total. The van der Waals surface area contributed by atoms with Gasteiger partial charge in [-0.2, -0.15) is 4.31 Å². The number of hydrogen-bond acceptors (Lipinski definition) is 5. The predicted molar refractivity (Wildman–Crippen MR) is 121 cm³/mol. The summed E-state index contributed by atoms with van der Waals surface area (Å²) in [5.41, 5.74) is 3.35. The third-order valence-electron chi connectivity index (χ3n) is 5.44. The standard InChI is InChI=1S/C23H19N3O3S2/c27-23(25-19-9-10-20-17(13-19)7-3-11-24-20)21-14-16-5-1-2-6-18(16)15-26(21)31(28,29)22-8-4-12-30-22/h1-13,21H,14-15H2,(H,25,27)/t21-/m0/s1. The van der Waals surface area contributed by atoms with E-state index in [1.165, 1.54) is 4.31 Å². The molecule has 0 saturated carbocycles. The number of hydrogen-bond donors (Lipinski definition) is 1. The predicted octanol–water partition coefficient (Wildman–Crippen LogP) is 4.05. The van der Waals surface area contributed by atoms with Gasteiger partial charge < -0.3 is 5.32 Å². The Balaban J connectivity index is 1.50. The number of fused-ring (bicyclic) bond motifs is 2. The molecule has 0 saturated heterocycles. The summed E-state index contributed by atoms with van der Waals surface area (Å²) in [6.07, 6.45) is 2.04. The Morgan fingerprint density at radius 1 is 1.03 bits per heavy atom. The van der Waals surface area contributed by atoms with E-state index in [1.54, 1.807) is 29.8 Å². The number of nitrogens with zero attached hydrogens (tertiary/aromatic N) is 2. The van der Waals surface area contributed by atoms with Crippen molar-refractivity contribution in [3.63, 3.8) is 0 Å². The van der Waals surface area contributed by atoms with Crippen LogP contribution in [0.5, 0.6) is 0 Å². The minimum atomic E-state index is -3.80. The number of aromatic nitrogens is 1. The lowest BCUT2D eigenvalue weighted by Gasteiger charge is -2.34. The van der Waals surface area contributed by atoms with E-state index in [2.05, 4.69) is 10.3 Å². The average molecular weight is 450 g/mol. The number of amides is 1. The molecule has 31 heavy (non-hydrogen) atoms. The molecule has 2 aromatic heterocycles. The quantitative estimate of drug-likeness (QED) is 0.510. The number of thiophene rings is 1. The molecule has 0 aliphatic carbocycles. The summed E-state index contributed by atoms with van der Waals surface area (Å²) in [4.78, 5) is 17.6. The van der Waals surface area contributed by atoms with Gasteiger partial charge in [-0.3, -0.25) is 9.78 Å². The summed E-state index contributed by atoms with van der Waals surface area (Å²) >= 11 is 1.16. The summed E-state index contributed by atoms with van der Waals surface area (Å²) in [5, 5.41) is 5.54. The molecule has 5 rings (SSSR count). The molecule has 156 valence electrons. The van der Waals surface area contributed by atoms with E-state index in [4.69, 9.17) is 0 Å². The number of nitrogens with one attached hydrogen (secondary N) is 1. The Bertz CT molecular complexity index is 1370. The fourth-order valence-corrected chi connectivity index (χ4v) is 6.56. The zero-order valence-corrected chi connectivity index (χ0v) is 18.1. The monoisotopic (exact) mass is 449 g/mol. The Kier molecular flexibility index (Phi) is 5.05. The number of rotatable bonds is 4. The van der Waals surface area contributed by atoms with Crippen molar-refractivity contribution >= 4 is 43.9 Å². The van der Waals surface area contributed by atoms with Crippen molar-refractivity contribution in [2.24, 2.45) is 0 Å². The van der Waals surface area contributed by atoms with Crippen LogP contribution in [0.15, 0.2) is 82.5 Å². The maximum Gasteiger partial charge on any atom is 0.253 e. The lowest BCUT2D eigenvalue weighted by atomic mass is 9.95. The normalized spacial score (nSPS) is 16.7. The maximum absolute atomic E-state index is 13.3. The molecule has 2 aromatic carbocycles. The molecule has 0 radical (unpaired) electrons. The van der Waals surface area contributed by atoms with Crippen LogP contribution in [0.1, 0.15) is 11.1 Å². The van der Waals surface area contributed by atoms with Gasteiger partial charge in [-0.25, -0.2) is 8.42 Å². The smallest absolute Gasteiger partial charge is 0.253 e. The van der Waals surface area contributed by atoms with Crippen molar-refractivity contribution in [3.05, 3.63) is 89.4 Å².